The van der Waals surface area contributed by atoms with Crippen molar-refractivity contribution in [1.29, 1.82) is 0 Å². The minimum atomic E-state index is -2.54. The van der Waals surface area contributed by atoms with Crippen molar-refractivity contribution >= 4 is 22.5 Å². The van der Waals surface area contributed by atoms with Crippen LogP contribution in [0.1, 0.15) is 12.8 Å². The van der Waals surface area contributed by atoms with Gasteiger partial charge in [0.1, 0.15) is 5.01 Å². The summed E-state index contributed by atoms with van der Waals surface area (Å²) in [5.74, 6) is 0. The molecule has 1 aliphatic carbocycles. The number of aromatic nitrogens is 2. The molecule has 1 heterocycles. The van der Waals surface area contributed by atoms with Crippen LogP contribution in [0.4, 0.5) is 18.7 Å². The Kier molecular flexibility index (Phi) is 4.28. The van der Waals surface area contributed by atoms with Gasteiger partial charge in [-0.3, -0.25) is 5.32 Å². The molecule has 0 saturated heterocycles. The third-order valence-electron chi connectivity index (χ3n) is 3.24. The summed E-state index contributed by atoms with van der Waals surface area (Å²) >= 11 is 1.21. The third-order valence-corrected chi connectivity index (χ3v) is 4.13. The van der Waals surface area contributed by atoms with Crippen molar-refractivity contribution in [3.05, 3.63) is 30.3 Å². The lowest BCUT2D eigenvalue weighted by Crippen LogP contribution is -2.39. The number of alkyl halides is 2. The molecule has 1 aliphatic rings. The van der Waals surface area contributed by atoms with Gasteiger partial charge in [-0.25, -0.2) is 13.6 Å². The topological polar surface area (TPSA) is 58.1 Å². The molecule has 1 fully saturated rings. The summed E-state index contributed by atoms with van der Waals surface area (Å²) in [7, 11) is 0. The van der Waals surface area contributed by atoms with E-state index >= 15 is 0 Å². The van der Waals surface area contributed by atoms with Crippen LogP contribution in [0, 0.1) is 0 Å². The maximum atomic E-state index is 12.6. The summed E-state index contributed by atoms with van der Waals surface area (Å²) in [6.45, 7) is -0.555. The maximum absolute atomic E-state index is 12.6. The number of amides is 2. The average molecular weight is 324 g/mol. The standard InChI is InChI=1S/C14H14F2N4OS/c15-11(16)8-20(10-6-7-10)14(21)17-13-19-18-12(22-13)9-4-2-1-3-5-9/h1-5,10-11H,6-8H2,(H,17,19,21). The first-order chi connectivity index (χ1) is 10.6. The molecule has 2 aromatic rings. The molecule has 1 N–H and O–H groups in total. The fourth-order valence-corrected chi connectivity index (χ4v) is 2.81. The second-order valence-electron chi connectivity index (χ2n) is 4.98. The monoisotopic (exact) mass is 324 g/mol. The SMILES string of the molecule is O=C(Nc1nnc(-c2ccccc2)s1)N(CC(F)F)C1CC1. The third kappa shape index (κ3) is 3.56. The van der Waals surface area contributed by atoms with Crippen LogP contribution in [0.3, 0.4) is 0 Å². The molecule has 116 valence electrons. The van der Waals surface area contributed by atoms with E-state index in [-0.39, 0.29) is 6.04 Å². The Morgan fingerprint density at radius 2 is 2.05 bits per heavy atom. The zero-order valence-corrected chi connectivity index (χ0v) is 12.4. The van der Waals surface area contributed by atoms with Crippen molar-refractivity contribution in [3.8, 4) is 10.6 Å². The molecule has 0 aliphatic heterocycles. The number of anilines is 1. The minimum Gasteiger partial charge on any atom is -0.316 e. The highest BCUT2D eigenvalue weighted by atomic mass is 32.1. The van der Waals surface area contributed by atoms with Crippen LogP contribution in [0.25, 0.3) is 10.6 Å². The first kappa shape index (κ1) is 14.8. The molecular formula is C14H14F2N4OS. The maximum Gasteiger partial charge on any atom is 0.324 e. The number of halogens is 2. The molecule has 3 rings (SSSR count). The van der Waals surface area contributed by atoms with Gasteiger partial charge in [0, 0.05) is 11.6 Å². The second kappa shape index (κ2) is 6.35. The number of rotatable bonds is 5. The van der Waals surface area contributed by atoms with E-state index in [1.807, 2.05) is 30.3 Å². The lowest BCUT2D eigenvalue weighted by molar-refractivity contribution is 0.0994. The van der Waals surface area contributed by atoms with Gasteiger partial charge in [0.2, 0.25) is 5.13 Å². The van der Waals surface area contributed by atoms with Crippen molar-refractivity contribution in [2.45, 2.75) is 25.3 Å². The molecule has 0 atom stereocenters. The van der Waals surface area contributed by atoms with Crippen molar-refractivity contribution in [1.82, 2.24) is 15.1 Å². The second-order valence-corrected chi connectivity index (χ2v) is 5.96. The van der Waals surface area contributed by atoms with Crippen LogP contribution in [-0.2, 0) is 0 Å². The van der Waals surface area contributed by atoms with E-state index in [1.165, 1.54) is 16.2 Å². The van der Waals surface area contributed by atoms with Crippen molar-refractivity contribution in [2.75, 3.05) is 11.9 Å². The van der Waals surface area contributed by atoms with Crippen LogP contribution >= 0.6 is 11.3 Å². The number of carbonyl (C=O) groups is 1. The van der Waals surface area contributed by atoms with Gasteiger partial charge in [-0.1, -0.05) is 41.7 Å². The number of carbonyl (C=O) groups excluding carboxylic acids is 1. The van der Waals surface area contributed by atoms with Gasteiger partial charge < -0.3 is 4.90 Å². The lowest BCUT2D eigenvalue weighted by Gasteiger charge is -2.21. The Morgan fingerprint density at radius 3 is 2.68 bits per heavy atom. The van der Waals surface area contributed by atoms with E-state index in [1.54, 1.807) is 0 Å². The number of nitrogens with one attached hydrogen (secondary N) is 1. The first-order valence-corrected chi connectivity index (χ1v) is 7.70. The fourth-order valence-electron chi connectivity index (χ4n) is 2.07. The van der Waals surface area contributed by atoms with Gasteiger partial charge in [-0.2, -0.15) is 0 Å². The fraction of sp³-hybridized carbons (Fsp3) is 0.357. The van der Waals surface area contributed by atoms with E-state index in [0.29, 0.717) is 10.1 Å². The zero-order chi connectivity index (χ0) is 15.5. The van der Waals surface area contributed by atoms with Gasteiger partial charge in [-0.05, 0) is 12.8 Å². The summed E-state index contributed by atoms with van der Waals surface area (Å²) in [4.78, 5) is 13.3. The van der Waals surface area contributed by atoms with E-state index in [0.717, 1.165) is 18.4 Å². The Hall–Kier alpha value is -2.09. The summed E-state index contributed by atoms with van der Waals surface area (Å²) in [6, 6.07) is 8.80. The van der Waals surface area contributed by atoms with Gasteiger partial charge in [0.05, 0.1) is 6.54 Å². The minimum absolute atomic E-state index is 0.0875. The van der Waals surface area contributed by atoms with Crippen molar-refractivity contribution in [3.63, 3.8) is 0 Å². The van der Waals surface area contributed by atoms with Crippen LogP contribution in [0.15, 0.2) is 30.3 Å². The number of urea groups is 1. The Labute approximate surface area is 130 Å². The molecule has 0 bridgehead atoms. The number of nitrogens with zero attached hydrogens (tertiary/aromatic N) is 3. The zero-order valence-electron chi connectivity index (χ0n) is 11.6. The molecule has 0 unspecified atom stereocenters. The lowest BCUT2D eigenvalue weighted by atomic mass is 10.2. The molecule has 5 nitrogen and oxygen atoms in total. The number of benzene rings is 1. The highest BCUT2D eigenvalue weighted by molar-refractivity contribution is 7.18. The van der Waals surface area contributed by atoms with E-state index < -0.39 is 19.0 Å². The largest absolute Gasteiger partial charge is 0.324 e. The predicted octanol–water partition coefficient (Wildman–Crippen LogP) is 3.47. The molecule has 1 aromatic carbocycles. The van der Waals surface area contributed by atoms with E-state index in [2.05, 4.69) is 15.5 Å². The molecule has 1 aromatic heterocycles. The quantitative estimate of drug-likeness (QED) is 0.916. The molecule has 0 spiro atoms. The van der Waals surface area contributed by atoms with Crippen LogP contribution in [0.5, 0.6) is 0 Å². The average Bonchev–Trinajstić information content (AvgIpc) is 3.24. The van der Waals surface area contributed by atoms with Gasteiger partial charge in [0.25, 0.3) is 6.43 Å². The van der Waals surface area contributed by atoms with E-state index in [9.17, 15) is 13.6 Å². The normalized spacial score (nSPS) is 14.1. The molecule has 8 heteroatoms. The van der Waals surface area contributed by atoms with Crippen molar-refractivity contribution in [2.24, 2.45) is 0 Å². The summed E-state index contributed by atoms with van der Waals surface area (Å²) < 4.78 is 25.1. The Morgan fingerprint density at radius 1 is 1.32 bits per heavy atom. The van der Waals surface area contributed by atoms with Crippen LogP contribution < -0.4 is 5.32 Å². The molecule has 22 heavy (non-hydrogen) atoms. The predicted molar refractivity (Wildman–Crippen MR) is 80.1 cm³/mol. The van der Waals surface area contributed by atoms with Crippen LogP contribution in [0.2, 0.25) is 0 Å². The summed E-state index contributed by atoms with van der Waals surface area (Å²) in [6.07, 6.45) is -1.00. The highest BCUT2D eigenvalue weighted by Crippen LogP contribution is 2.29. The summed E-state index contributed by atoms with van der Waals surface area (Å²) in [5, 5.41) is 11.4. The van der Waals surface area contributed by atoms with Gasteiger partial charge in [-0.15, -0.1) is 10.2 Å². The van der Waals surface area contributed by atoms with Crippen molar-refractivity contribution < 1.29 is 13.6 Å². The van der Waals surface area contributed by atoms with Gasteiger partial charge >= 0.3 is 6.03 Å². The first-order valence-electron chi connectivity index (χ1n) is 6.88. The number of hydrogen-bond acceptors (Lipinski definition) is 4. The number of hydrogen-bond donors (Lipinski definition) is 1. The molecular weight excluding hydrogens is 310 g/mol. The van der Waals surface area contributed by atoms with Crippen LogP contribution in [-0.4, -0.2) is 40.1 Å². The van der Waals surface area contributed by atoms with E-state index in [4.69, 9.17) is 0 Å². The highest BCUT2D eigenvalue weighted by Gasteiger charge is 2.34. The molecule has 1 saturated carbocycles. The Balaban J connectivity index is 1.67. The molecule has 2 amide bonds. The Bertz CT molecular complexity index is 645. The van der Waals surface area contributed by atoms with Gasteiger partial charge in [0.15, 0.2) is 0 Å². The smallest absolute Gasteiger partial charge is 0.316 e. The molecule has 0 radical (unpaired) electrons. The summed E-state index contributed by atoms with van der Waals surface area (Å²) in [5.41, 5.74) is 0.895.